The maximum Gasteiger partial charge on any atom is 0.267 e. The molecule has 0 fully saturated rings. The quantitative estimate of drug-likeness (QED) is 0.798. The largest absolute Gasteiger partial charge is 0.335 e. The normalized spacial score (nSPS) is 12.3. The van der Waals surface area contributed by atoms with Gasteiger partial charge in [0.2, 0.25) is 5.91 Å². The molecule has 2 heterocycles. The Bertz CT molecular complexity index is 987. The van der Waals surface area contributed by atoms with Crippen LogP contribution in [0.15, 0.2) is 33.8 Å². The minimum absolute atomic E-state index is 0.177. The molecule has 24 heavy (non-hydrogen) atoms. The lowest BCUT2D eigenvalue weighted by Crippen LogP contribution is -2.32. The third-order valence-electron chi connectivity index (χ3n) is 4.25. The molecule has 1 amide bonds. The zero-order chi connectivity index (χ0) is 17.4. The van der Waals surface area contributed by atoms with E-state index < -0.39 is 6.04 Å². The molecule has 0 saturated carbocycles. The average Bonchev–Trinajstić information content (AvgIpc) is 2.93. The highest BCUT2D eigenvalue weighted by atomic mass is 16.5. The van der Waals surface area contributed by atoms with Crippen LogP contribution in [0.2, 0.25) is 0 Å². The highest BCUT2D eigenvalue weighted by Crippen LogP contribution is 2.19. The monoisotopic (exact) mass is 326 g/mol. The van der Waals surface area contributed by atoms with Gasteiger partial charge in [-0.15, -0.1) is 0 Å². The van der Waals surface area contributed by atoms with Crippen LogP contribution in [0, 0.1) is 20.8 Å². The van der Waals surface area contributed by atoms with Gasteiger partial charge in [-0.25, -0.2) is 4.98 Å². The average molecular weight is 326 g/mol. The molecule has 3 rings (SSSR count). The minimum Gasteiger partial charge on any atom is -0.335 e. The number of carbonyl (C=O) groups is 1. The van der Waals surface area contributed by atoms with E-state index in [1.165, 1.54) is 10.9 Å². The van der Waals surface area contributed by atoms with Gasteiger partial charge in [0.15, 0.2) is 0 Å². The van der Waals surface area contributed by atoms with Gasteiger partial charge in [-0.05, 0) is 44.9 Å². The number of benzene rings is 1. The van der Waals surface area contributed by atoms with E-state index in [4.69, 9.17) is 4.52 Å². The Hall–Kier alpha value is -2.96. The van der Waals surface area contributed by atoms with Gasteiger partial charge in [-0.3, -0.25) is 14.2 Å². The van der Waals surface area contributed by atoms with Crippen molar-refractivity contribution in [1.82, 2.24) is 14.7 Å². The van der Waals surface area contributed by atoms with E-state index in [0.717, 1.165) is 16.8 Å². The van der Waals surface area contributed by atoms with Crippen LogP contribution in [-0.2, 0) is 4.79 Å². The van der Waals surface area contributed by atoms with Crippen molar-refractivity contribution < 1.29 is 9.32 Å². The van der Waals surface area contributed by atoms with E-state index in [2.05, 4.69) is 15.5 Å². The standard InChI is InChI=1S/C17H18N4O3/c1-9-6-5-7-13(10(9)2)19-15(22)12(4)21-8-18-16-14(17(21)23)11(3)20-24-16/h5-8,12H,1-4H3,(H,19,22). The van der Waals surface area contributed by atoms with Crippen molar-refractivity contribution in [1.29, 1.82) is 0 Å². The van der Waals surface area contributed by atoms with Crippen molar-refractivity contribution in [2.24, 2.45) is 0 Å². The molecular formula is C17H18N4O3. The Morgan fingerprint density at radius 2 is 2.04 bits per heavy atom. The summed E-state index contributed by atoms with van der Waals surface area (Å²) in [6.45, 7) is 7.24. The molecule has 0 bridgehead atoms. The van der Waals surface area contributed by atoms with E-state index in [1.54, 1.807) is 13.8 Å². The summed E-state index contributed by atoms with van der Waals surface area (Å²) < 4.78 is 6.26. The number of carbonyl (C=O) groups excluding carboxylic acids is 1. The van der Waals surface area contributed by atoms with E-state index in [9.17, 15) is 9.59 Å². The number of aryl methyl sites for hydroxylation is 2. The van der Waals surface area contributed by atoms with Gasteiger partial charge in [0, 0.05) is 5.69 Å². The molecule has 1 unspecified atom stereocenters. The topological polar surface area (TPSA) is 90.0 Å². The summed E-state index contributed by atoms with van der Waals surface area (Å²) in [6.07, 6.45) is 1.31. The van der Waals surface area contributed by atoms with Crippen LogP contribution in [0.25, 0.3) is 11.1 Å². The molecular weight excluding hydrogens is 308 g/mol. The van der Waals surface area contributed by atoms with Gasteiger partial charge < -0.3 is 9.84 Å². The van der Waals surface area contributed by atoms with Crippen molar-refractivity contribution in [2.75, 3.05) is 5.32 Å². The smallest absolute Gasteiger partial charge is 0.267 e. The first-order valence-corrected chi connectivity index (χ1v) is 7.60. The van der Waals surface area contributed by atoms with Crippen molar-refractivity contribution in [3.63, 3.8) is 0 Å². The molecule has 2 aromatic heterocycles. The van der Waals surface area contributed by atoms with Crippen LogP contribution in [0.5, 0.6) is 0 Å². The molecule has 0 radical (unpaired) electrons. The van der Waals surface area contributed by atoms with Crippen LogP contribution >= 0.6 is 0 Å². The zero-order valence-electron chi connectivity index (χ0n) is 14.0. The Morgan fingerprint density at radius 3 is 2.79 bits per heavy atom. The Labute approximate surface area is 138 Å². The second kappa shape index (κ2) is 5.92. The number of anilines is 1. The number of rotatable bonds is 3. The van der Waals surface area contributed by atoms with Crippen LogP contribution in [0.4, 0.5) is 5.69 Å². The van der Waals surface area contributed by atoms with Gasteiger partial charge in [0.05, 0.1) is 5.69 Å². The van der Waals surface area contributed by atoms with Gasteiger partial charge >= 0.3 is 0 Å². The molecule has 7 nitrogen and oxygen atoms in total. The van der Waals surface area contributed by atoms with Crippen LogP contribution in [0.3, 0.4) is 0 Å². The molecule has 1 N–H and O–H groups in total. The van der Waals surface area contributed by atoms with Gasteiger partial charge in [0.1, 0.15) is 17.8 Å². The highest BCUT2D eigenvalue weighted by Gasteiger charge is 2.20. The van der Waals surface area contributed by atoms with E-state index in [-0.39, 0.29) is 17.2 Å². The van der Waals surface area contributed by atoms with E-state index >= 15 is 0 Å². The predicted octanol–water partition coefficient (Wildman–Crippen LogP) is 2.51. The summed E-state index contributed by atoms with van der Waals surface area (Å²) >= 11 is 0. The summed E-state index contributed by atoms with van der Waals surface area (Å²) in [7, 11) is 0. The van der Waals surface area contributed by atoms with Crippen LogP contribution in [-0.4, -0.2) is 20.6 Å². The number of hydrogen-bond acceptors (Lipinski definition) is 5. The van der Waals surface area contributed by atoms with Crippen LogP contribution in [0.1, 0.15) is 29.8 Å². The van der Waals surface area contributed by atoms with E-state index in [1.807, 2.05) is 32.0 Å². The lowest BCUT2D eigenvalue weighted by Gasteiger charge is -2.16. The summed E-state index contributed by atoms with van der Waals surface area (Å²) in [5, 5.41) is 6.90. The van der Waals surface area contributed by atoms with Gasteiger partial charge in [-0.1, -0.05) is 17.3 Å². The number of nitrogens with one attached hydrogen (secondary N) is 1. The first-order valence-electron chi connectivity index (χ1n) is 7.60. The highest BCUT2D eigenvalue weighted by molar-refractivity contribution is 5.94. The molecule has 0 aliphatic rings. The number of amides is 1. The number of aromatic nitrogens is 3. The van der Waals surface area contributed by atoms with Crippen LogP contribution < -0.4 is 10.9 Å². The second-order valence-corrected chi connectivity index (χ2v) is 5.82. The lowest BCUT2D eigenvalue weighted by atomic mass is 10.1. The molecule has 7 heteroatoms. The minimum atomic E-state index is -0.719. The molecule has 3 aromatic rings. The number of fused-ring (bicyclic) bond motifs is 1. The summed E-state index contributed by atoms with van der Waals surface area (Å²) in [5.74, 6) is -0.291. The summed E-state index contributed by atoms with van der Waals surface area (Å²) in [6, 6.07) is 4.97. The fourth-order valence-corrected chi connectivity index (χ4v) is 2.51. The third-order valence-corrected chi connectivity index (χ3v) is 4.25. The summed E-state index contributed by atoms with van der Waals surface area (Å²) in [5.41, 5.74) is 3.10. The predicted molar refractivity (Wildman–Crippen MR) is 90.1 cm³/mol. The Kier molecular flexibility index (Phi) is 3.92. The molecule has 124 valence electrons. The van der Waals surface area contributed by atoms with Gasteiger partial charge in [-0.2, -0.15) is 0 Å². The van der Waals surface area contributed by atoms with E-state index in [0.29, 0.717) is 11.1 Å². The van der Waals surface area contributed by atoms with Crippen molar-refractivity contribution >= 4 is 22.7 Å². The number of nitrogens with zero attached hydrogens (tertiary/aromatic N) is 3. The second-order valence-electron chi connectivity index (χ2n) is 5.82. The Morgan fingerprint density at radius 1 is 1.29 bits per heavy atom. The van der Waals surface area contributed by atoms with Crippen molar-refractivity contribution in [3.8, 4) is 0 Å². The molecule has 0 aliphatic heterocycles. The maximum atomic E-state index is 12.6. The molecule has 1 aromatic carbocycles. The first-order chi connectivity index (χ1) is 11.4. The molecule has 0 spiro atoms. The molecule has 0 aliphatic carbocycles. The number of hydrogen-bond donors (Lipinski definition) is 1. The Balaban J connectivity index is 1.94. The molecule has 1 atom stereocenters. The summed E-state index contributed by atoms with van der Waals surface area (Å²) in [4.78, 5) is 29.2. The first kappa shape index (κ1) is 15.9. The van der Waals surface area contributed by atoms with Crippen molar-refractivity contribution in [3.05, 3.63) is 51.7 Å². The zero-order valence-corrected chi connectivity index (χ0v) is 14.0. The SMILES string of the molecule is Cc1cccc(NC(=O)C(C)n2cnc3onc(C)c3c2=O)c1C. The van der Waals surface area contributed by atoms with Crippen molar-refractivity contribution in [2.45, 2.75) is 33.7 Å². The van der Waals surface area contributed by atoms with Gasteiger partial charge in [0.25, 0.3) is 11.3 Å². The fraction of sp³-hybridized carbons (Fsp3) is 0.294. The lowest BCUT2D eigenvalue weighted by molar-refractivity contribution is -0.118. The third kappa shape index (κ3) is 2.58. The molecule has 0 saturated heterocycles. The fourth-order valence-electron chi connectivity index (χ4n) is 2.51. The maximum absolute atomic E-state index is 12.6.